The molecule has 3 aliphatic rings. The second kappa shape index (κ2) is 8.75. The molecule has 0 unspecified atom stereocenters. The summed E-state index contributed by atoms with van der Waals surface area (Å²) >= 11 is 0. The molecule has 0 radical (unpaired) electrons. The molecule has 2 amide bonds. The number of carbonyl (C=O) groups excluding carboxylic acids is 2. The minimum Gasteiger partial charge on any atom is -0.367 e. The highest BCUT2D eigenvalue weighted by molar-refractivity contribution is 6.15. The van der Waals surface area contributed by atoms with E-state index in [9.17, 15) is 22.8 Å². The van der Waals surface area contributed by atoms with Crippen molar-refractivity contribution in [3.8, 4) is 0 Å². The van der Waals surface area contributed by atoms with Crippen molar-refractivity contribution in [1.82, 2.24) is 24.9 Å². The first kappa shape index (κ1) is 23.3. The number of hydrogen-bond acceptors (Lipinski definition) is 8. The quantitative estimate of drug-likeness (QED) is 0.397. The van der Waals surface area contributed by atoms with E-state index in [0.717, 1.165) is 30.8 Å². The van der Waals surface area contributed by atoms with Gasteiger partial charge in [0.2, 0.25) is 5.91 Å². The highest BCUT2D eigenvalue weighted by Crippen LogP contribution is 2.32. The molecule has 1 aliphatic carbocycles. The van der Waals surface area contributed by atoms with Crippen LogP contribution < -0.4 is 20.4 Å². The lowest BCUT2D eigenvalue weighted by molar-refractivity contribution is -0.137. The Bertz CT molecular complexity index is 1420. The Labute approximate surface area is 209 Å². The Morgan fingerprint density at radius 3 is 2.43 bits per heavy atom. The third-order valence-electron chi connectivity index (χ3n) is 6.64. The van der Waals surface area contributed by atoms with Crippen LogP contribution in [0.3, 0.4) is 0 Å². The molecule has 2 aliphatic heterocycles. The third-order valence-corrected chi connectivity index (χ3v) is 6.64. The standard InChI is InChI=1S/C24H23F3N8O2/c25-24(26,27)16-3-4-28-18(11-16)33-5-7-34(8-6-33)19-12-20(30-17-1-2-17)35-22(31-19)15(13-29-35)9-14-10-21(36)32-23(14)37/h3-4,9,11-13,17,30H,1-2,5-8,10H2,(H,32,36,37)/b14-9+. The van der Waals surface area contributed by atoms with Crippen molar-refractivity contribution in [3.05, 3.63) is 47.3 Å². The maximum absolute atomic E-state index is 13.1. The van der Waals surface area contributed by atoms with E-state index in [0.29, 0.717) is 60.6 Å². The number of piperazine rings is 1. The van der Waals surface area contributed by atoms with Gasteiger partial charge in [-0.3, -0.25) is 14.9 Å². The molecule has 1 saturated carbocycles. The zero-order valence-corrected chi connectivity index (χ0v) is 19.6. The van der Waals surface area contributed by atoms with Crippen LogP contribution in [0.2, 0.25) is 0 Å². The van der Waals surface area contributed by atoms with Gasteiger partial charge >= 0.3 is 6.18 Å². The first-order valence-corrected chi connectivity index (χ1v) is 12.0. The normalized spacial score (nSPS) is 19.7. The molecule has 5 heterocycles. The van der Waals surface area contributed by atoms with Crippen LogP contribution >= 0.6 is 0 Å². The molecule has 3 aromatic heterocycles. The lowest BCUT2D eigenvalue weighted by Gasteiger charge is -2.36. The second-order valence-corrected chi connectivity index (χ2v) is 9.35. The van der Waals surface area contributed by atoms with Gasteiger partial charge in [-0.05, 0) is 31.1 Å². The topological polar surface area (TPSA) is 108 Å². The molecule has 37 heavy (non-hydrogen) atoms. The number of fused-ring (bicyclic) bond motifs is 1. The zero-order valence-electron chi connectivity index (χ0n) is 19.6. The van der Waals surface area contributed by atoms with Gasteiger partial charge in [0.1, 0.15) is 17.5 Å². The van der Waals surface area contributed by atoms with Crippen molar-refractivity contribution in [1.29, 1.82) is 0 Å². The van der Waals surface area contributed by atoms with Crippen LogP contribution in [-0.4, -0.2) is 63.6 Å². The molecule has 0 aromatic carbocycles. The molecular weight excluding hydrogens is 489 g/mol. The monoisotopic (exact) mass is 512 g/mol. The smallest absolute Gasteiger partial charge is 0.367 e. The van der Waals surface area contributed by atoms with E-state index in [1.165, 1.54) is 6.20 Å². The van der Waals surface area contributed by atoms with Gasteiger partial charge in [-0.15, -0.1) is 0 Å². The minimum absolute atomic E-state index is 0.00851. The maximum atomic E-state index is 13.1. The van der Waals surface area contributed by atoms with E-state index < -0.39 is 17.6 Å². The van der Waals surface area contributed by atoms with Crippen LogP contribution in [0.4, 0.5) is 30.6 Å². The summed E-state index contributed by atoms with van der Waals surface area (Å²) < 4.78 is 41.1. The fraction of sp³-hybridized carbons (Fsp3) is 0.375. The van der Waals surface area contributed by atoms with E-state index >= 15 is 0 Å². The Hall–Kier alpha value is -4.16. The summed E-state index contributed by atoms with van der Waals surface area (Å²) in [7, 11) is 0. The largest absolute Gasteiger partial charge is 0.416 e. The summed E-state index contributed by atoms with van der Waals surface area (Å²) in [5.74, 6) is 0.991. The molecule has 10 nitrogen and oxygen atoms in total. The highest BCUT2D eigenvalue weighted by atomic mass is 19.4. The fourth-order valence-electron chi connectivity index (χ4n) is 4.51. The molecule has 2 saturated heterocycles. The number of pyridine rings is 1. The van der Waals surface area contributed by atoms with Gasteiger partial charge in [-0.25, -0.2) is 9.97 Å². The van der Waals surface area contributed by atoms with Crippen molar-refractivity contribution in [3.63, 3.8) is 0 Å². The van der Waals surface area contributed by atoms with Crippen LogP contribution in [0.1, 0.15) is 30.4 Å². The molecule has 6 rings (SSSR count). The minimum atomic E-state index is -4.42. The summed E-state index contributed by atoms with van der Waals surface area (Å²) in [6, 6.07) is 4.32. The first-order valence-electron chi connectivity index (χ1n) is 12.0. The zero-order chi connectivity index (χ0) is 25.7. The number of halogens is 3. The number of imide groups is 1. The Balaban J connectivity index is 1.27. The fourth-order valence-corrected chi connectivity index (χ4v) is 4.51. The summed E-state index contributed by atoms with van der Waals surface area (Å²) in [6.07, 6.45) is 2.14. The van der Waals surface area contributed by atoms with Crippen LogP contribution in [0.5, 0.6) is 0 Å². The number of anilines is 3. The lowest BCUT2D eigenvalue weighted by atomic mass is 10.1. The predicted octanol–water partition coefficient (Wildman–Crippen LogP) is 2.47. The molecule has 192 valence electrons. The highest BCUT2D eigenvalue weighted by Gasteiger charge is 2.32. The first-order chi connectivity index (χ1) is 17.7. The molecule has 13 heteroatoms. The summed E-state index contributed by atoms with van der Waals surface area (Å²) in [5, 5.41) is 10.2. The number of nitrogens with one attached hydrogen (secondary N) is 2. The van der Waals surface area contributed by atoms with Crippen molar-refractivity contribution in [2.24, 2.45) is 0 Å². The van der Waals surface area contributed by atoms with Crippen molar-refractivity contribution in [2.45, 2.75) is 31.5 Å². The molecule has 3 fully saturated rings. The van der Waals surface area contributed by atoms with E-state index in [1.54, 1.807) is 16.8 Å². The number of nitrogens with zero attached hydrogens (tertiary/aromatic N) is 6. The predicted molar refractivity (Wildman–Crippen MR) is 129 cm³/mol. The molecule has 2 N–H and O–H groups in total. The molecule has 0 spiro atoms. The second-order valence-electron chi connectivity index (χ2n) is 9.35. The average Bonchev–Trinajstić information content (AvgIpc) is 3.51. The number of alkyl halides is 3. The number of hydrogen-bond donors (Lipinski definition) is 2. The Morgan fingerprint density at radius 1 is 1.05 bits per heavy atom. The number of rotatable bonds is 5. The number of carbonyl (C=O) groups is 2. The van der Waals surface area contributed by atoms with Crippen LogP contribution in [0.15, 0.2) is 36.2 Å². The molecule has 0 bridgehead atoms. The van der Waals surface area contributed by atoms with Crippen LogP contribution in [0.25, 0.3) is 11.7 Å². The van der Waals surface area contributed by atoms with E-state index in [2.05, 4.69) is 25.6 Å². The van der Waals surface area contributed by atoms with Gasteiger partial charge in [-0.1, -0.05) is 0 Å². The lowest BCUT2D eigenvalue weighted by Crippen LogP contribution is -2.47. The van der Waals surface area contributed by atoms with Crippen molar-refractivity contribution >= 4 is 41.0 Å². The van der Waals surface area contributed by atoms with Gasteiger partial charge in [-0.2, -0.15) is 22.8 Å². The summed E-state index contributed by atoms with van der Waals surface area (Å²) in [5.41, 5.74) is 0.795. The Kier molecular flexibility index (Phi) is 5.50. The summed E-state index contributed by atoms with van der Waals surface area (Å²) in [6.45, 7) is 2.02. The molecule has 0 atom stereocenters. The van der Waals surface area contributed by atoms with E-state index in [-0.39, 0.29) is 12.3 Å². The maximum Gasteiger partial charge on any atom is 0.416 e. The average molecular weight is 512 g/mol. The Morgan fingerprint density at radius 2 is 1.78 bits per heavy atom. The van der Waals surface area contributed by atoms with Crippen LogP contribution in [0, 0.1) is 0 Å². The van der Waals surface area contributed by atoms with E-state index in [1.807, 2.05) is 11.0 Å². The molecular formula is C24H23F3N8O2. The van der Waals surface area contributed by atoms with Gasteiger partial charge in [0, 0.05) is 55.6 Å². The SMILES string of the molecule is O=C1C/C(=C\c2cnn3c(NC4CC4)cc(N4CCN(c5cc(C(F)(F)F)ccn5)CC4)nc23)C(=O)N1. The number of aromatic nitrogens is 4. The van der Waals surface area contributed by atoms with Gasteiger partial charge in [0.15, 0.2) is 5.65 Å². The van der Waals surface area contributed by atoms with Crippen LogP contribution in [-0.2, 0) is 15.8 Å². The number of amides is 2. The third kappa shape index (κ3) is 4.68. The molecule has 3 aromatic rings. The van der Waals surface area contributed by atoms with Gasteiger partial charge in [0.25, 0.3) is 5.91 Å². The van der Waals surface area contributed by atoms with Crippen molar-refractivity contribution in [2.75, 3.05) is 41.3 Å². The van der Waals surface area contributed by atoms with Gasteiger partial charge < -0.3 is 15.1 Å². The van der Waals surface area contributed by atoms with Crippen molar-refractivity contribution < 1.29 is 22.8 Å². The van der Waals surface area contributed by atoms with Gasteiger partial charge in [0.05, 0.1) is 18.2 Å². The van der Waals surface area contributed by atoms with E-state index in [4.69, 9.17) is 4.98 Å². The summed E-state index contributed by atoms with van der Waals surface area (Å²) in [4.78, 5) is 36.5.